The second-order valence-corrected chi connectivity index (χ2v) is 5.36. The molecule has 0 saturated carbocycles. The molecule has 1 saturated heterocycles. The van der Waals surface area contributed by atoms with Gasteiger partial charge >= 0.3 is 0 Å². The standard InChI is InChI=1S/C8H13N2O4S/c1-15(13,14)10-5-3-2-4-6(11)7(10)8(9)12/h4,7H,2-3,5H2,1H3,(H2,9,12). The van der Waals surface area contributed by atoms with Crippen molar-refractivity contribution in [2.45, 2.75) is 18.9 Å². The number of hydrogen-bond acceptors (Lipinski definition) is 4. The highest BCUT2D eigenvalue weighted by Crippen LogP contribution is 2.15. The summed E-state index contributed by atoms with van der Waals surface area (Å²) >= 11 is 0. The Balaban J connectivity index is 3.09. The third-order valence-corrected chi connectivity index (χ3v) is 3.43. The second-order valence-electron chi connectivity index (χ2n) is 3.43. The first kappa shape index (κ1) is 12.1. The van der Waals surface area contributed by atoms with E-state index in [2.05, 4.69) is 0 Å². The van der Waals surface area contributed by atoms with Crippen molar-refractivity contribution < 1.29 is 18.0 Å². The Labute approximate surface area is 88.5 Å². The smallest absolute Gasteiger partial charge is 0.243 e. The number of primary amides is 1. The van der Waals surface area contributed by atoms with Gasteiger partial charge in [-0.15, -0.1) is 0 Å². The number of carbonyl (C=O) groups is 2. The van der Waals surface area contributed by atoms with Crippen LogP contribution >= 0.6 is 0 Å². The number of ketones is 1. The summed E-state index contributed by atoms with van der Waals surface area (Å²) in [5.41, 5.74) is 5.03. The van der Waals surface area contributed by atoms with Crippen LogP contribution in [0.15, 0.2) is 0 Å². The van der Waals surface area contributed by atoms with Crippen molar-refractivity contribution in [3.8, 4) is 0 Å². The maximum absolute atomic E-state index is 11.5. The van der Waals surface area contributed by atoms with Gasteiger partial charge in [0, 0.05) is 13.0 Å². The van der Waals surface area contributed by atoms with E-state index in [1.165, 1.54) is 6.42 Å². The third-order valence-electron chi connectivity index (χ3n) is 2.18. The summed E-state index contributed by atoms with van der Waals surface area (Å²) in [6.07, 6.45) is 3.26. The highest BCUT2D eigenvalue weighted by molar-refractivity contribution is 7.88. The van der Waals surface area contributed by atoms with E-state index < -0.39 is 27.8 Å². The lowest BCUT2D eigenvalue weighted by Crippen LogP contribution is -2.51. The van der Waals surface area contributed by atoms with Gasteiger partial charge in [-0.3, -0.25) is 9.59 Å². The van der Waals surface area contributed by atoms with Crippen LogP contribution in [-0.4, -0.2) is 43.3 Å². The van der Waals surface area contributed by atoms with Crippen molar-refractivity contribution >= 4 is 21.7 Å². The Morgan fingerprint density at radius 1 is 1.60 bits per heavy atom. The van der Waals surface area contributed by atoms with Gasteiger partial charge in [-0.05, 0) is 12.8 Å². The molecule has 1 radical (unpaired) electrons. The van der Waals surface area contributed by atoms with Crippen LogP contribution in [0.5, 0.6) is 0 Å². The number of carbonyl (C=O) groups excluding carboxylic acids is 2. The van der Waals surface area contributed by atoms with E-state index in [-0.39, 0.29) is 6.54 Å². The fourth-order valence-corrected chi connectivity index (χ4v) is 2.56. The van der Waals surface area contributed by atoms with Gasteiger partial charge in [0.25, 0.3) is 0 Å². The van der Waals surface area contributed by atoms with Gasteiger partial charge in [-0.25, -0.2) is 8.42 Å². The van der Waals surface area contributed by atoms with E-state index in [1.54, 1.807) is 0 Å². The van der Waals surface area contributed by atoms with Gasteiger partial charge in [0.05, 0.1) is 6.26 Å². The average molecular weight is 233 g/mol. The maximum Gasteiger partial charge on any atom is 0.243 e. The molecule has 1 atom stereocenters. The summed E-state index contributed by atoms with van der Waals surface area (Å²) in [4.78, 5) is 22.5. The van der Waals surface area contributed by atoms with E-state index in [1.807, 2.05) is 0 Å². The minimum absolute atomic E-state index is 0.147. The molecule has 1 amide bonds. The van der Waals surface area contributed by atoms with Crippen LogP contribution in [0.25, 0.3) is 0 Å². The number of nitrogens with two attached hydrogens (primary N) is 1. The van der Waals surface area contributed by atoms with Gasteiger partial charge in [0.2, 0.25) is 15.9 Å². The molecule has 1 aliphatic rings. The SMILES string of the molecule is CS(=O)(=O)N1CCC[CH]C(=O)C1C(N)=O. The van der Waals surface area contributed by atoms with E-state index in [4.69, 9.17) is 5.73 Å². The predicted molar refractivity (Wildman–Crippen MR) is 53.1 cm³/mol. The van der Waals surface area contributed by atoms with Gasteiger partial charge < -0.3 is 5.73 Å². The molecular formula is C8H13N2O4S. The molecular weight excluding hydrogens is 220 g/mol. The average Bonchev–Trinajstić information content (AvgIpc) is 2.24. The number of amides is 1. The van der Waals surface area contributed by atoms with E-state index >= 15 is 0 Å². The number of Topliss-reactive ketones (excluding diaryl/α,β-unsaturated/α-hetero) is 1. The summed E-state index contributed by atoms with van der Waals surface area (Å²) in [5, 5.41) is 0. The van der Waals surface area contributed by atoms with Crippen LogP contribution in [0.3, 0.4) is 0 Å². The molecule has 0 aliphatic carbocycles. The molecule has 0 spiro atoms. The topological polar surface area (TPSA) is 97.5 Å². The molecule has 1 rings (SSSR count). The van der Waals surface area contributed by atoms with Crippen molar-refractivity contribution in [2.75, 3.05) is 12.8 Å². The molecule has 1 aliphatic heterocycles. The molecule has 0 aromatic rings. The monoisotopic (exact) mass is 233 g/mol. The highest BCUT2D eigenvalue weighted by atomic mass is 32.2. The molecule has 0 bridgehead atoms. The van der Waals surface area contributed by atoms with Crippen LogP contribution in [-0.2, 0) is 19.6 Å². The third kappa shape index (κ3) is 2.75. The van der Waals surface area contributed by atoms with E-state index in [9.17, 15) is 18.0 Å². The van der Waals surface area contributed by atoms with E-state index in [0.717, 1.165) is 10.6 Å². The molecule has 85 valence electrons. The van der Waals surface area contributed by atoms with Crippen molar-refractivity contribution in [3.63, 3.8) is 0 Å². The Hall–Kier alpha value is -0.950. The molecule has 15 heavy (non-hydrogen) atoms. The zero-order chi connectivity index (χ0) is 11.6. The molecule has 0 aromatic heterocycles. The first-order valence-electron chi connectivity index (χ1n) is 4.47. The molecule has 0 aromatic carbocycles. The normalized spacial score (nSPS) is 24.9. The van der Waals surface area contributed by atoms with Crippen LogP contribution in [0.2, 0.25) is 0 Å². The Bertz CT molecular complexity index is 376. The predicted octanol–water partition coefficient (Wildman–Crippen LogP) is -1.33. The Kier molecular flexibility index (Phi) is 3.46. The molecule has 1 heterocycles. The van der Waals surface area contributed by atoms with Gasteiger partial charge in [-0.2, -0.15) is 4.31 Å². The minimum atomic E-state index is -3.58. The molecule has 1 unspecified atom stereocenters. The summed E-state index contributed by atoms with van der Waals surface area (Å²) in [7, 11) is -3.58. The van der Waals surface area contributed by atoms with Crippen LogP contribution < -0.4 is 5.73 Å². The van der Waals surface area contributed by atoms with Gasteiger partial charge in [0.1, 0.15) is 0 Å². The molecule has 1 fully saturated rings. The lowest BCUT2D eigenvalue weighted by atomic mass is 10.1. The van der Waals surface area contributed by atoms with Crippen molar-refractivity contribution in [1.29, 1.82) is 0 Å². The first-order chi connectivity index (χ1) is 6.84. The van der Waals surface area contributed by atoms with Crippen molar-refractivity contribution in [2.24, 2.45) is 5.73 Å². The fourth-order valence-electron chi connectivity index (χ4n) is 1.51. The summed E-state index contributed by atoms with van der Waals surface area (Å²) in [5.74, 6) is -1.46. The van der Waals surface area contributed by atoms with Gasteiger partial charge in [-0.1, -0.05) is 0 Å². The molecule has 6 nitrogen and oxygen atoms in total. The number of sulfonamides is 1. The lowest BCUT2D eigenvalue weighted by molar-refractivity contribution is -0.129. The van der Waals surface area contributed by atoms with Crippen molar-refractivity contribution in [3.05, 3.63) is 6.42 Å². The molecule has 7 heteroatoms. The highest BCUT2D eigenvalue weighted by Gasteiger charge is 2.37. The zero-order valence-electron chi connectivity index (χ0n) is 8.34. The number of rotatable bonds is 2. The largest absolute Gasteiger partial charge is 0.368 e. The quantitative estimate of drug-likeness (QED) is 0.597. The van der Waals surface area contributed by atoms with Crippen LogP contribution in [0, 0.1) is 6.42 Å². The molecule has 2 N–H and O–H groups in total. The fraction of sp³-hybridized carbons (Fsp3) is 0.625. The maximum atomic E-state index is 11.5. The Morgan fingerprint density at radius 2 is 2.20 bits per heavy atom. The van der Waals surface area contributed by atoms with Crippen LogP contribution in [0.1, 0.15) is 12.8 Å². The summed E-state index contributed by atoms with van der Waals surface area (Å²) in [6.45, 7) is 0.147. The van der Waals surface area contributed by atoms with Gasteiger partial charge in [0.15, 0.2) is 11.8 Å². The second kappa shape index (κ2) is 4.28. The van der Waals surface area contributed by atoms with Crippen molar-refractivity contribution in [1.82, 2.24) is 4.31 Å². The summed E-state index contributed by atoms with van der Waals surface area (Å²) in [6, 6.07) is -1.37. The number of nitrogens with zero attached hydrogens (tertiary/aromatic N) is 1. The van der Waals surface area contributed by atoms with E-state index in [0.29, 0.717) is 12.8 Å². The first-order valence-corrected chi connectivity index (χ1v) is 6.32. The number of hydrogen-bond donors (Lipinski definition) is 1. The Morgan fingerprint density at radius 3 is 2.67 bits per heavy atom. The zero-order valence-corrected chi connectivity index (χ0v) is 9.16. The lowest BCUT2D eigenvalue weighted by Gasteiger charge is -2.23. The summed E-state index contributed by atoms with van der Waals surface area (Å²) < 4.78 is 23.6. The van der Waals surface area contributed by atoms with Crippen LogP contribution in [0.4, 0.5) is 0 Å². The minimum Gasteiger partial charge on any atom is -0.368 e.